The second kappa shape index (κ2) is 8.17. The van der Waals surface area contributed by atoms with Crippen LogP contribution in [0.3, 0.4) is 0 Å². The molecule has 0 amide bonds. The maximum absolute atomic E-state index is 12.4. The Kier molecular flexibility index (Phi) is 5.71. The number of benzene rings is 2. The summed E-state index contributed by atoms with van der Waals surface area (Å²) in [5.41, 5.74) is 3.75. The van der Waals surface area contributed by atoms with Crippen molar-refractivity contribution >= 4 is 29.0 Å². The zero-order valence-corrected chi connectivity index (χ0v) is 15.0. The van der Waals surface area contributed by atoms with E-state index >= 15 is 0 Å². The van der Waals surface area contributed by atoms with Gasteiger partial charge in [-0.1, -0.05) is 48.2 Å². The Bertz CT molecular complexity index is 926. The quantitative estimate of drug-likeness (QED) is 0.344. The molecule has 0 saturated heterocycles. The molecule has 3 rings (SSSR count). The predicted molar refractivity (Wildman–Crippen MR) is 102 cm³/mol. The van der Waals surface area contributed by atoms with E-state index in [1.54, 1.807) is 17.8 Å². The van der Waals surface area contributed by atoms with E-state index in [-0.39, 0.29) is 5.43 Å². The summed E-state index contributed by atoms with van der Waals surface area (Å²) in [7, 11) is 0. The molecule has 1 aromatic heterocycles. The summed E-state index contributed by atoms with van der Waals surface area (Å²) in [6, 6.07) is 15.7. The second-order valence-electron chi connectivity index (χ2n) is 6.00. The van der Waals surface area contributed by atoms with Crippen molar-refractivity contribution in [2.75, 3.05) is 0 Å². The van der Waals surface area contributed by atoms with Gasteiger partial charge in [-0.25, -0.2) is 0 Å². The molecule has 3 aromatic rings. The lowest BCUT2D eigenvalue weighted by molar-refractivity contribution is -0.107. The zero-order chi connectivity index (χ0) is 17.6. The first-order chi connectivity index (χ1) is 12.2. The lowest BCUT2D eigenvalue weighted by Gasteiger charge is -2.07. The molecule has 0 atom stereocenters. The van der Waals surface area contributed by atoms with E-state index in [2.05, 4.69) is 24.3 Å². The number of hydrogen-bond acceptors (Lipinski definition) is 4. The maximum atomic E-state index is 12.4. The minimum Gasteiger partial charge on any atom is -0.449 e. The van der Waals surface area contributed by atoms with Gasteiger partial charge in [-0.15, -0.1) is 0 Å². The Morgan fingerprint density at radius 2 is 1.76 bits per heavy atom. The number of carbonyl (C=O) groups excluding carboxylic acids is 1. The molecule has 0 fully saturated rings. The van der Waals surface area contributed by atoms with E-state index in [9.17, 15) is 9.59 Å². The summed E-state index contributed by atoms with van der Waals surface area (Å²) in [6.07, 6.45) is 3.38. The van der Waals surface area contributed by atoms with Gasteiger partial charge in [-0.3, -0.25) is 4.79 Å². The van der Waals surface area contributed by atoms with E-state index in [4.69, 9.17) is 4.42 Å². The van der Waals surface area contributed by atoms with Crippen LogP contribution in [0.15, 0.2) is 62.8 Å². The summed E-state index contributed by atoms with van der Waals surface area (Å²) < 4.78 is 5.91. The molecule has 3 nitrogen and oxygen atoms in total. The van der Waals surface area contributed by atoms with E-state index in [1.807, 2.05) is 25.1 Å². The minimum absolute atomic E-state index is 0.0369. The molecule has 0 aliphatic heterocycles. The van der Waals surface area contributed by atoms with Gasteiger partial charge in [0.15, 0.2) is 10.5 Å². The van der Waals surface area contributed by atoms with Crippen molar-refractivity contribution in [2.45, 2.75) is 37.0 Å². The monoisotopic (exact) mass is 352 g/mol. The van der Waals surface area contributed by atoms with E-state index in [1.165, 1.54) is 11.1 Å². The molecule has 0 N–H and O–H groups in total. The van der Waals surface area contributed by atoms with Gasteiger partial charge in [-0.05, 0) is 43.0 Å². The lowest BCUT2D eigenvalue weighted by atomic mass is 10.1. The fraction of sp³-hybridized carbons (Fsp3) is 0.238. The van der Waals surface area contributed by atoms with Crippen LogP contribution in [0.2, 0.25) is 0 Å². The number of hydrogen-bond donors (Lipinski definition) is 0. The van der Waals surface area contributed by atoms with Gasteiger partial charge >= 0.3 is 0 Å². The highest BCUT2D eigenvalue weighted by atomic mass is 32.2. The summed E-state index contributed by atoms with van der Waals surface area (Å²) in [6.45, 7) is 1.82. The van der Waals surface area contributed by atoms with Gasteiger partial charge in [0.05, 0.1) is 5.39 Å². The van der Waals surface area contributed by atoms with Gasteiger partial charge in [0.25, 0.3) is 0 Å². The summed E-state index contributed by atoms with van der Waals surface area (Å²) in [5, 5.41) is 1.31. The lowest BCUT2D eigenvalue weighted by Crippen LogP contribution is -2.06. The molecular formula is C21H20O3S. The molecule has 0 bridgehead atoms. The highest BCUT2D eigenvalue weighted by Crippen LogP contribution is 2.27. The van der Waals surface area contributed by atoms with Gasteiger partial charge < -0.3 is 9.21 Å². The number of aryl methyl sites for hydroxylation is 1. The maximum Gasteiger partial charge on any atom is 0.196 e. The van der Waals surface area contributed by atoms with Crippen LogP contribution in [0.5, 0.6) is 0 Å². The molecule has 0 radical (unpaired) electrons. The van der Waals surface area contributed by atoms with Crippen LogP contribution in [-0.2, 0) is 17.0 Å². The van der Waals surface area contributed by atoms with Crippen LogP contribution in [-0.4, -0.2) is 6.29 Å². The van der Waals surface area contributed by atoms with Gasteiger partial charge in [0.1, 0.15) is 11.9 Å². The summed E-state index contributed by atoms with van der Waals surface area (Å²) in [5.74, 6) is 0.747. The molecule has 0 unspecified atom stereocenters. The average molecular weight is 352 g/mol. The molecule has 1 heterocycles. The van der Waals surface area contributed by atoms with Crippen LogP contribution in [0, 0.1) is 6.92 Å². The van der Waals surface area contributed by atoms with Gasteiger partial charge in [0, 0.05) is 17.7 Å². The average Bonchev–Trinajstić information content (AvgIpc) is 2.65. The molecule has 0 aliphatic rings. The summed E-state index contributed by atoms with van der Waals surface area (Å²) >= 11 is 1.54. The number of fused-ring (bicyclic) bond motifs is 1. The Morgan fingerprint density at radius 1 is 1.04 bits per heavy atom. The largest absolute Gasteiger partial charge is 0.449 e. The Hall–Kier alpha value is -2.33. The number of rotatable bonds is 7. The van der Waals surface area contributed by atoms with Gasteiger partial charge in [-0.2, -0.15) is 0 Å². The highest BCUT2D eigenvalue weighted by molar-refractivity contribution is 7.98. The van der Waals surface area contributed by atoms with E-state index in [0.717, 1.165) is 24.9 Å². The highest BCUT2D eigenvalue weighted by Gasteiger charge is 2.11. The fourth-order valence-corrected chi connectivity index (χ4v) is 3.64. The third-order valence-electron chi connectivity index (χ3n) is 4.16. The third kappa shape index (κ3) is 4.20. The predicted octanol–water partition coefficient (Wildman–Crippen LogP) is 4.92. The molecule has 2 aromatic carbocycles. The number of thioether (sulfide) groups is 1. The van der Waals surface area contributed by atoms with E-state index in [0.29, 0.717) is 28.0 Å². The number of aldehydes is 1. The van der Waals surface area contributed by atoms with Crippen molar-refractivity contribution in [1.29, 1.82) is 0 Å². The Morgan fingerprint density at radius 3 is 2.52 bits per heavy atom. The molecule has 128 valence electrons. The molecule has 25 heavy (non-hydrogen) atoms. The first-order valence-corrected chi connectivity index (χ1v) is 9.34. The molecular weight excluding hydrogens is 332 g/mol. The van der Waals surface area contributed by atoms with Crippen molar-refractivity contribution in [2.24, 2.45) is 0 Å². The van der Waals surface area contributed by atoms with Crippen LogP contribution in [0.25, 0.3) is 11.0 Å². The van der Waals surface area contributed by atoms with Crippen molar-refractivity contribution in [3.8, 4) is 0 Å². The topological polar surface area (TPSA) is 47.3 Å². The normalized spacial score (nSPS) is 10.9. The van der Waals surface area contributed by atoms with Crippen molar-refractivity contribution in [3.05, 3.63) is 75.4 Å². The molecule has 0 spiro atoms. The number of carbonyl (C=O) groups is 1. The zero-order valence-electron chi connectivity index (χ0n) is 14.2. The molecule has 0 aliphatic carbocycles. The first-order valence-electron chi connectivity index (χ1n) is 8.35. The first kappa shape index (κ1) is 17.5. The minimum atomic E-state index is 0.0369. The van der Waals surface area contributed by atoms with Crippen molar-refractivity contribution in [1.82, 2.24) is 0 Å². The summed E-state index contributed by atoms with van der Waals surface area (Å²) in [4.78, 5) is 22.8. The van der Waals surface area contributed by atoms with Crippen LogP contribution >= 0.6 is 11.8 Å². The number of para-hydroxylation sites is 1. The standard InChI is InChI=1S/C21H20O3S/c1-15-20(23)18-7-2-3-8-19(18)24-21(15)25-14-17-11-9-16(10-12-17)6-4-5-13-22/h2-3,7-13H,4-6,14H2,1H3. The smallest absolute Gasteiger partial charge is 0.196 e. The molecule has 0 saturated carbocycles. The fourth-order valence-electron chi connectivity index (χ4n) is 2.69. The Labute approximate surface area is 151 Å². The SMILES string of the molecule is Cc1c(SCc2ccc(CCCC=O)cc2)oc2ccccc2c1=O. The number of unbranched alkanes of at least 4 members (excludes halogenated alkanes) is 1. The van der Waals surface area contributed by atoms with Crippen molar-refractivity contribution < 1.29 is 9.21 Å². The molecule has 4 heteroatoms. The van der Waals surface area contributed by atoms with Crippen LogP contribution < -0.4 is 5.43 Å². The Balaban J connectivity index is 1.71. The van der Waals surface area contributed by atoms with Gasteiger partial charge in [0.2, 0.25) is 0 Å². The third-order valence-corrected chi connectivity index (χ3v) is 5.29. The van der Waals surface area contributed by atoms with Crippen molar-refractivity contribution in [3.63, 3.8) is 0 Å². The van der Waals surface area contributed by atoms with E-state index < -0.39 is 0 Å². The van der Waals surface area contributed by atoms with Crippen LogP contribution in [0.1, 0.15) is 29.5 Å². The van der Waals surface area contributed by atoms with Crippen LogP contribution in [0.4, 0.5) is 0 Å². The second-order valence-corrected chi connectivity index (χ2v) is 6.95.